The molecule has 3 aliphatic rings. The van der Waals surface area contributed by atoms with Crippen molar-refractivity contribution < 1.29 is 19.4 Å². The molecule has 0 saturated carbocycles. The van der Waals surface area contributed by atoms with E-state index in [0.29, 0.717) is 28.3 Å². The van der Waals surface area contributed by atoms with Gasteiger partial charge in [0.15, 0.2) is 5.71 Å². The molecule has 258 valence electrons. The van der Waals surface area contributed by atoms with Gasteiger partial charge in [-0.25, -0.2) is 4.79 Å². The van der Waals surface area contributed by atoms with E-state index in [1.807, 2.05) is 42.5 Å². The third-order valence-corrected chi connectivity index (χ3v) is 9.74. The molecule has 1 amide bonds. The number of benzene rings is 4. The predicted octanol–water partition coefficient (Wildman–Crippen LogP) is 9.90. The van der Waals surface area contributed by atoms with E-state index in [0.717, 1.165) is 36.4 Å². The number of hydrazone groups is 1. The van der Waals surface area contributed by atoms with Crippen molar-refractivity contribution in [2.24, 2.45) is 5.10 Å². The number of aliphatic carboxylic acids is 1. The fourth-order valence-corrected chi connectivity index (χ4v) is 7.10. The Kier molecular flexibility index (Phi) is 10.2. The Labute approximate surface area is 299 Å². The van der Waals surface area contributed by atoms with Gasteiger partial charge in [0, 0.05) is 29.1 Å². The Bertz CT molecular complexity index is 2040. The van der Waals surface area contributed by atoms with Crippen LogP contribution in [0.25, 0.3) is 11.6 Å². The maximum Gasteiger partial charge on any atom is 0.357 e. The van der Waals surface area contributed by atoms with Crippen LogP contribution < -0.4 is 14.6 Å². The van der Waals surface area contributed by atoms with Crippen LogP contribution in [0.2, 0.25) is 0 Å². The zero-order valence-electron chi connectivity index (χ0n) is 29.1. The molecule has 0 aliphatic carbocycles. The molecule has 4 aromatic carbocycles. The molecule has 0 atom stereocenters. The number of hydrogen-bond donors (Lipinski definition) is 1. The second-order valence-corrected chi connectivity index (χ2v) is 13.3. The van der Waals surface area contributed by atoms with Gasteiger partial charge in [-0.15, -0.1) is 0 Å². The van der Waals surface area contributed by atoms with Crippen LogP contribution in [0.1, 0.15) is 74.1 Å². The minimum absolute atomic E-state index is 0.0253. The van der Waals surface area contributed by atoms with Crippen molar-refractivity contribution in [2.75, 3.05) is 16.5 Å². The number of anilines is 3. The lowest BCUT2D eigenvalue weighted by Gasteiger charge is -2.31. The van der Waals surface area contributed by atoms with Gasteiger partial charge in [-0.3, -0.25) is 4.79 Å². The van der Waals surface area contributed by atoms with Crippen molar-refractivity contribution in [2.45, 2.75) is 64.7 Å². The molecule has 3 aliphatic heterocycles. The van der Waals surface area contributed by atoms with Gasteiger partial charge in [-0.2, -0.15) is 10.1 Å². The van der Waals surface area contributed by atoms with E-state index in [2.05, 4.69) is 59.4 Å². The number of para-hydroxylation sites is 2. The molecule has 51 heavy (non-hydrogen) atoms. The molecule has 3 heterocycles. The number of unbranched alkanes of at least 4 members (excludes halogenated alkanes) is 5. The van der Waals surface area contributed by atoms with Gasteiger partial charge in [0.1, 0.15) is 11.5 Å². The van der Waals surface area contributed by atoms with E-state index >= 15 is 0 Å². The summed E-state index contributed by atoms with van der Waals surface area (Å²) in [6.07, 6.45) is 16.7. The summed E-state index contributed by atoms with van der Waals surface area (Å²) in [5.41, 5.74) is 7.50. The van der Waals surface area contributed by atoms with Gasteiger partial charge >= 0.3 is 5.97 Å². The van der Waals surface area contributed by atoms with Crippen molar-refractivity contribution in [1.82, 2.24) is 0 Å². The SMILES string of the molecule is CCCCCCCCc1ccc(N2CCCc3cc(/C=C/C4=CC(=C5\C(=O)N(c6ccccc6)N=C5C(=O)O)/c5ccccc5O4)ccc32)cc1. The molecule has 7 rings (SSSR count). The first-order valence-corrected chi connectivity index (χ1v) is 18.1. The maximum absolute atomic E-state index is 13.8. The third kappa shape index (κ3) is 7.43. The normalized spacial score (nSPS) is 16.8. The number of nitrogens with zero attached hydrogens (tertiary/aromatic N) is 3. The lowest BCUT2D eigenvalue weighted by atomic mass is 9.93. The molecule has 0 radical (unpaired) electrons. The molecule has 1 N–H and O–H groups in total. The highest BCUT2D eigenvalue weighted by atomic mass is 16.5. The molecule has 0 unspecified atom stereocenters. The number of carbonyl (C=O) groups is 2. The summed E-state index contributed by atoms with van der Waals surface area (Å²) >= 11 is 0. The Hall–Kier alpha value is -5.69. The van der Waals surface area contributed by atoms with Crippen LogP contribution in [0.15, 0.2) is 126 Å². The van der Waals surface area contributed by atoms with Crippen molar-refractivity contribution in [3.63, 3.8) is 0 Å². The molecule has 7 nitrogen and oxygen atoms in total. The molecule has 0 fully saturated rings. The number of fused-ring (bicyclic) bond motifs is 2. The molecule has 0 aromatic heterocycles. The average molecular weight is 678 g/mol. The molecular weight excluding hydrogens is 635 g/mol. The van der Waals surface area contributed by atoms with Crippen LogP contribution in [0.4, 0.5) is 17.1 Å². The first kappa shape index (κ1) is 33.8. The van der Waals surface area contributed by atoms with Gasteiger partial charge in [-0.05, 0) is 97.0 Å². The monoisotopic (exact) mass is 677 g/mol. The quantitative estimate of drug-likeness (QED) is 0.119. The van der Waals surface area contributed by atoms with Gasteiger partial charge in [0.05, 0.1) is 11.3 Å². The van der Waals surface area contributed by atoms with E-state index in [4.69, 9.17) is 4.74 Å². The topological polar surface area (TPSA) is 82.4 Å². The first-order chi connectivity index (χ1) is 25.0. The van der Waals surface area contributed by atoms with E-state index in [1.165, 1.54) is 61.0 Å². The van der Waals surface area contributed by atoms with Crippen LogP contribution in [-0.2, 0) is 22.4 Å². The largest absolute Gasteiger partial charge is 0.476 e. The van der Waals surface area contributed by atoms with Crippen molar-refractivity contribution in [3.8, 4) is 5.75 Å². The van der Waals surface area contributed by atoms with E-state index < -0.39 is 11.9 Å². The highest BCUT2D eigenvalue weighted by molar-refractivity contribution is 6.54. The van der Waals surface area contributed by atoms with Crippen molar-refractivity contribution in [3.05, 3.63) is 143 Å². The second kappa shape index (κ2) is 15.5. The molecule has 4 aromatic rings. The summed E-state index contributed by atoms with van der Waals surface area (Å²) in [6.45, 7) is 3.25. The zero-order chi connectivity index (χ0) is 35.2. The van der Waals surface area contributed by atoms with Crippen LogP contribution in [0.3, 0.4) is 0 Å². The lowest BCUT2D eigenvalue weighted by Crippen LogP contribution is -2.24. The average Bonchev–Trinajstić information content (AvgIpc) is 3.52. The fraction of sp³-hybridized carbons (Fsp3) is 0.250. The van der Waals surface area contributed by atoms with E-state index in [1.54, 1.807) is 30.3 Å². The van der Waals surface area contributed by atoms with Gasteiger partial charge in [0.2, 0.25) is 0 Å². The van der Waals surface area contributed by atoms with Crippen molar-refractivity contribution >= 4 is 46.3 Å². The summed E-state index contributed by atoms with van der Waals surface area (Å²) in [5, 5.41) is 15.5. The van der Waals surface area contributed by atoms with Gasteiger partial charge in [-0.1, -0.05) is 99.7 Å². The fourth-order valence-electron chi connectivity index (χ4n) is 7.10. The van der Waals surface area contributed by atoms with Gasteiger partial charge in [0.25, 0.3) is 5.91 Å². The minimum atomic E-state index is -1.27. The maximum atomic E-state index is 13.8. The summed E-state index contributed by atoms with van der Waals surface area (Å²) in [4.78, 5) is 28.6. The number of allylic oxidation sites excluding steroid dienone is 3. The Morgan fingerprint density at radius 3 is 2.43 bits per heavy atom. The second-order valence-electron chi connectivity index (χ2n) is 13.3. The van der Waals surface area contributed by atoms with Crippen LogP contribution >= 0.6 is 0 Å². The molecule has 0 saturated heterocycles. The Morgan fingerprint density at radius 2 is 1.63 bits per heavy atom. The summed E-state index contributed by atoms with van der Waals surface area (Å²) in [6, 6.07) is 31.8. The number of rotatable bonds is 12. The van der Waals surface area contributed by atoms with Crippen molar-refractivity contribution in [1.29, 1.82) is 0 Å². The third-order valence-electron chi connectivity index (χ3n) is 9.74. The molecule has 7 heteroatoms. The highest BCUT2D eigenvalue weighted by Crippen LogP contribution is 2.39. The summed E-state index contributed by atoms with van der Waals surface area (Å²) in [5.74, 6) is -0.744. The number of amides is 1. The molecule has 0 spiro atoms. The number of carboxylic acids is 1. The van der Waals surface area contributed by atoms with E-state index in [-0.39, 0.29) is 11.3 Å². The van der Waals surface area contributed by atoms with E-state index in [9.17, 15) is 14.7 Å². The van der Waals surface area contributed by atoms with Crippen LogP contribution in [-0.4, -0.2) is 29.2 Å². The van der Waals surface area contributed by atoms with Crippen LogP contribution in [0.5, 0.6) is 5.75 Å². The Balaban J connectivity index is 1.12. The first-order valence-electron chi connectivity index (χ1n) is 18.1. The lowest BCUT2D eigenvalue weighted by molar-refractivity contribution is -0.129. The standard InChI is InChI=1S/C44H43N3O4/c1-2-3-4-5-6-8-14-31-20-24-34(25-21-31)46-28-13-15-33-29-32(23-27-39(33)46)22-26-36-30-38(37-18-11-12-19-40(37)51-36)41-42(44(49)50)45-47(43(41)48)35-16-9-7-10-17-35/h7,9-12,16-27,29-30H,2-6,8,13-15,28H2,1H3,(H,49,50)/b26-22+,41-38+. The highest BCUT2D eigenvalue weighted by Gasteiger charge is 2.38. The smallest absolute Gasteiger partial charge is 0.357 e. The predicted molar refractivity (Wildman–Crippen MR) is 205 cm³/mol. The summed E-state index contributed by atoms with van der Waals surface area (Å²) < 4.78 is 6.25. The number of ether oxygens (including phenoxy) is 1. The number of carbonyl (C=O) groups excluding carboxylic acids is 1. The minimum Gasteiger partial charge on any atom is -0.476 e. The number of hydrogen-bond acceptors (Lipinski definition) is 5. The zero-order valence-corrected chi connectivity index (χ0v) is 29.1. The number of carboxylic acid groups (broad SMARTS) is 1. The van der Waals surface area contributed by atoms with Gasteiger partial charge < -0.3 is 14.7 Å². The Morgan fingerprint density at radius 1 is 0.863 bits per heavy atom. The summed E-state index contributed by atoms with van der Waals surface area (Å²) in [7, 11) is 0. The molecule has 0 bridgehead atoms. The molecular formula is C44H43N3O4. The van der Waals surface area contributed by atoms with Crippen LogP contribution in [0, 0.1) is 0 Å². The number of aryl methyl sites for hydroxylation is 2.